The maximum Gasteiger partial charge on any atom is 0.462 e. The zero-order valence-corrected chi connectivity index (χ0v) is 11.9. The number of rotatable bonds is 5. The van der Waals surface area contributed by atoms with Gasteiger partial charge in [0.15, 0.2) is 5.82 Å². The van der Waals surface area contributed by atoms with Crippen molar-refractivity contribution in [3.8, 4) is 0 Å². The molecule has 0 aliphatic heterocycles. The molecule has 1 N–H and O–H groups in total. The van der Waals surface area contributed by atoms with Crippen molar-refractivity contribution in [3.63, 3.8) is 0 Å². The van der Waals surface area contributed by atoms with Crippen LogP contribution >= 0.6 is 0 Å². The summed E-state index contributed by atoms with van der Waals surface area (Å²) in [4.78, 5) is 11.3. The van der Waals surface area contributed by atoms with Crippen LogP contribution in [0.4, 0.5) is 54.1 Å². The van der Waals surface area contributed by atoms with E-state index in [9.17, 15) is 53.1 Å². The van der Waals surface area contributed by atoms with Gasteiger partial charge in [-0.15, -0.1) is 0 Å². The van der Waals surface area contributed by atoms with Gasteiger partial charge in [0.25, 0.3) is 0 Å². The number of nitrogens with one attached hydrogen (secondary N) is 1. The number of halogens is 11. The van der Waals surface area contributed by atoms with E-state index in [1.54, 1.807) is 0 Å². The van der Waals surface area contributed by atoms with Gasteiger partial charge in [-0.25, -0.2) is 0 Å². The summed E-state index contributed by atoms with van der Waals surface area (Å²) in [5.41, 5.74) is 0. The normalized spacial score (nSPS) is 16.3. The Bertz CT molecular complexity index is 666. The van der Waals surface area contributed by atoms with E-state index in [1.807, 2.05) is 0 Å². The minimum absolute atomic E-state index is 0.174. The van der Waals surface area contributed by atoms with Crippen molar-refractivity contribution in [2.45, 2.75) is 37.2 Å². The highest BCUT2D eigenvalue weighted by molar-refractivity contribution is 5.96. The Kier molecular flexibility index (Phi) is 5.26. The van der Waals surface area contributed by atoms with E-state index >= 15 is 0 Å². The molecule has 0 bridgehead atoms. The zero-order chi connectivity index (χ0) is 20.8. The monoisotopic (exact) mass is 410 g/mol. The summed E-state index contributed by atoms with van der Waals surface area (Å²) < 4.78 is 145. The molecule has 0 aromatic carbocycles. The molecular weight excluding hydrogens is 405 g/mol. The van der Waals surface area contributed by atoms with Crippen molar-refractivity contribution in [1.29, 1.82) is 0 Å². The Labute approximate surface area is 135 Å². The van der Waals surface area contributed by atoms with Crippen LogP contribution in [0.5, 0.6) is 0 Å². The van der Waals surface area contributed by atoms with Crippen LogP contribution in [0, 0.1) is 6.92 Å². The Hall–Kier alpha value is -2.13. The highest BCUT2D eigenvalue weighted by atomic mass is 19.4. The summed E-state index contributed by atoms with van der Waals surface area (Å²) in [6.07, 6.45) is -21.0. The van der Waals surface area contributed by atoms with Gasteiger partial charge in [0.05, 0.1) is 0 Å². The standard InChI is InChI=1S/C10H5F11N2O3/c1-3-2-4(23-25-3)22-5(24)6(11,8(14,15)16)26-10(20,21)7(12,13)9(17,18)19/h2H,1H3,(H,22,23,24)/t6-/m1/s1. The zero-order valence-electron chi connectivity index (χ0n) is 11.9. The largest absolute Gasteiger partial charge is 0.462 e. The fraction of sp³-hybridized carbons (Fsp3) is 0.600. The highest BCUT2D eigenvalue weighted by Gasteiger charge is 2.79. The van der Waals surface area contributed by atoms with Gasteiger partial charge in [-0.05, 0) is 6.92 Å². The van der Waals surface area contributed by atoms with Gasteiger partial charge >= 0.3 is 36.1 Å². The van der Waals surface area contributed by atoms with E-state index in [0.29, 0.717) is 6.07 Å². The Morgan fingerprint density at radius 3 is 1.85 bits per heavy atom. The summed E-state index contributed by atoms with van der Waals surface area (Å²) in [6.45, 7) is 1.13. The predicted molar refractivity (Wildman–Crippen MR) is 56.8 cm³/mol. The Morgan fingerprint density at radius 2 is 1.50 bits per heavy atom. The van der Waals surface area contributed by atoms with Gasteiger partial charge in [-0.3, -0.25) is 9.53 Å². The Balaban J connectivity index is 3.26. The van der Waals surface area contributed by atoms with Gasteiger partial charge in [0.1, 0.15) is 5.76 Å². The van der Waals surface area contributed by atoms with E-state index in [-0.39, 0.29) is 5.76 Å². The number of carbonyl (C=O) groups excluding carboxylic acids is 1. The lowest BCUT2D eigenvalue weighted by molar-refractivity contribution is -0.472. The molecule has 0 fully saturated rings. The molecule has 1 atom stereocenters. The molecule has 0 spiro atoms. The molecule has 0 saturated carbocycles. The van der Waals surface area contributed by atoms with Crippen LogP contribution in [0.15, 0.2) is 10.6 Å². The number of alkyl halides is 11. The first kappa shape index (κ1) is 21.9. The van der Waals surface area contributed by atoms with Crippen molar-refractivity contribution in [2.24, 2.45) is 0 Å². The number of anilines is 1. The first-order valence-corrected chi connectivity index (χ1v) is 5.88. The molecule has 150 valence electrons. The average molecular weight is 410 g/mol. The lowest BCUT2D eigenvalue weighted by Crippen LogP contribution is -2.62. The van der Waals surface area contributed by atoms with Crippen LogP contribution in [0.25, 0.3) is 0 Å². The molecule has 0 aliphatic carbocycles. The molecule has 26 heavy (non-hydrogen) atoms. The molecule has 1 aromatic rings. The van der Waals surface area contributed by atoms with Crippen LogP contribution in [-0.4, -0.2) is 41.3 Å². The summed E-state index contributed by atoms with van der Waals surface area (Å²) in [5.74, 6) is -17.9. The van der Waals surface area contributed by atoms with Crippen molar-refractivity contribution in [1.82, 2.24) is 5.16 Å². The third-order valence-corrected chi connectivity index (χ3v) is 2.52. The third-order valence-electron chi connectivity index (χ3n) is 2.52. The predicted octanol–water partition coefficient (Wildman–Crippen LogP) is 3.96. The molecule has 0 unspecified atom stereocenters. The van der Waals surface area contributed by atoms with Crippen LogP contribution in [0.2, 0.25) is 0 Å². The molecule has 5 nitrogen and oxygen atoms in total. The van der Waals surface area contributed by atoms with Crippen LogP contribution in [0.1, 0.15) is 5.76 Å². The number of hydrogen-bond acceptors (Lipinski definition) is 4. The quantitative estimate of drug-likeness (QED) is 0.747. The SMILES string of the molecule is Cc1cc(NC(=O)[C@@](F)(OC(F)(F)C(F)(F)C(F)(F)F)C(F)(F)F)no1. The van der Waals surface area contributed by atoms with E-state index in [2.05, 4.69) is 14.4 Å². The molecule has 0 aliphatic rings. The molecule has 0 radical (unpaired) electrons. The average Bonchev–Trinajstić information content (AvgIpc) is 2.80. The number of amides is 1. The van der Waals surface area contributed by atoms with Crippen molar-refractivity contribution in [3.05, 3.63) is 11.8 Å². The van der Waals surface area contributed by atoms with Crippen LogP contribution in [-0.2, 0) is 9.53 Å². The van der Waals surface area contributed by atoms with E-state index in [0.717, 1.165) is 12.2 Å². The molecule has 1 rings (SSSR count). The second-order valence-electron chi connectivity index (χ2n) is 4.56. The van der Waals surface area contributed by atoms with Crippen LogP contribution < -0.4 is 5.32 Å². The first-order chi connectivity index (χ1) is 11.3. The first-order valence-electron chi connectivity index (χ1n) is 5.88. The minimum Gasteiger partial charge on any atom is -0.360 e. The minimum atomic E-state index is -7.26. The number of hydrogen-bond donors (Lipinski definition) is 1. The van der Waals surface area contributed by atoms with Gasteiger partial charge in [-0.2, -0.15) is 48.3 Å². The number of aromatic nitrogens is 1. The lowest BCUT2D eigenvalue weighted by atomic mass is 10.2. The van der Waals surface area contributed by atoms with E-state index in [1.165, 1.54) is 0 Å². The van der Waals surface area contributed by atoms with Crippen molar-refractivity contribution < 1.29 is 62.3 Å². The lowest BCUT2D eigenvalue weighted by Gasteiger charge is -2.33. The molecule has 16 heteroatoms. The topological polar surface area (TPSA) is 64.4 Å². The molecule has 0 saturated heterocycles. The number of nitrogens with zero attached hydrogens (tertiary/aromatic N) is 1. The molecule has 1 aromatic heterocycles. The van der Waals surface area contributed by atoms with Gasteiger partial charge in [0, 0.05) is 6.07 Å². The second-order valence-corrected chi connectivity index (χ2v) is 4.56. The second kappa shape index (κ2) is 6.24. The number of carbonyl (C=O) groups is 1. The summed E-state index contributed by atoms with van der Waals surface area (Å²) in [5, 5.41) is 3.72. The number of aryl methyl sites for hydroxylation is 1. The van der Waals surface area contributed by atoms with Gasteiger partial charge < -0.3 is 9.84 Å². The van der Waals surface area contributed by atoms with E-state index in [4.69, 9.17) is 0 Å². The molecule has 1 heterocycles. The Morgan fingerprint density at radius 1 is 1.00 bits per heavy atom. The fourth-order valence-electron chi connectivity index (χ4n) is 1.26. The van der Waals surface area contributed by atoms with Gasteiger partial charge in [-0.1, -0.05) is 5.16 Å². The number of ether oxygens (including phenoxy) is 1. The fourth-order valence-corrected chi connectivity index (χ4v) is 1.26. The maximum atomic E-state index is 13.8. The summed E-state index contributed by atoms with van der Waals surface area (Å²) in [7, 11) is 0. The third kappa shape index (κ3) is 3.83. The van der Waals surface area contributed by atoms with Crippen molar-refractivity contribution in [2.75, 3.05) is 5.32 Å². The highest BCUT2D eigenvalue weighted by Crippen LogP contribution is 2.51. The van der Waals surface area contributed by atoms with Crippen LogP contribution in [0.3, 0.4) is 0 Å². The van der Waals surface area contributed by atoms with Crippen molar-refractivity contribution >= 4 is 11.7 Å². The summed E-state index contributed by atoms with van der Waals surface area (Å²) >= 11 is 0. The maximum absolute atomic E-state index is 13.8. The van der Waals surface area contributed by atoms with Gasteiger partial charge in [0.2, 0.25) is 0 Å². The molecular formula is C10H5F11N2O3. The molecule has 1 amide bonds. The summed E-state index contributed by atoms with van der Waals surface area (Å²) in [6, 6.07) is 0.650. The van der Waals surface area contributed by atoms with E-state index < -0.39 is 42.0 Å². The smallest absolute Gasteiger partial charge is 0.360 e.